The number of rotatable bonds is 5. The molecule has 1 heterocycles. The minimum Gasteiger partial charge on any atom is -0.342 e. The lowest BCUT2D eigenvalue weighted by atomic mass is 10.1. The van der Waals surface area contributed by atoms with Gasteiger partial charge in [-0.3, -0.25) is 0 Å². The van der Waals surface area contributed by atoms with Gasteiger partial charge in [-0.05, 0) is 17.6 Å². The molecule has 1 atom stereocenters. The molecule has 1 aromatic carbocycles. The Labute approximate surface area is 107 Å². The summed E-state index contributed by atoms with van der Waals surface area (Å²) in [5.74, 6) is 1.18. The zero-order chi connectivity index (χ0) is 13.0. The first kappa shape index (κ1) is 12.6. The Hall–Kier alpha value is -1.88. The molecule has 2 aromatic rings. The van der Waals surface area contributed by atoms with Crippen molar-refractivity contribution in [1.82, 2.24) is 10.1 Å². The van der Waals surface area contributed by atoms with Gasteiger partial charge in [0.05, 0.1) is 0 Å². The first-order chi connectivity index (χ1) is 8.70. The number of hydrogen-bond donors (Lipinski definition) is 1. The summed E-state index contributed by atoms with van der Waals surface area (Å²) in [5.41, 5.74) is 7.17. The van der Waals surface area contributed by atoms with Gasteiger partial charge >= 0.3 is 0 Å². The largest absolute Gasteiger partial charge is 0.342 e. The molecule has 1 unspecified atom stereocenters. The van der Waals surface area contributed by atoms with Gasteiger partial charge in [0.15, 0.2) is 0 Å². The van der Waals surface area contributed by atoms with Crippen LogP contribution in [0.4, 0.5) is 5.95 Å². The molecule has 0 aliphatic rings. The maximum absolute atomic E-state index is 6.10. The second kappa shape index (κ2) is 5.64. The molecule has 0 saturated heterocycles. The van der Waals surface area contributed by atoms with Crippen molar-refractivity contribution in [2.24, 2.45) is 5.73 Å². The molecule has 1 aromatic heterocycles. The van der Waals surface area contributed by atoms with Crippen LogP contribution in [0.1, 0.15) is 24.4 Å². The van der Waals surface area contributed by atoms with Crippen LogP contribution in [-0.2, 0) is 6.42 Å². The van der Waals surface area contributed by atoms with Gasteiger partial charge in [-0.25, -0.2) is 0 Å². The Morgan fingerprint density at radius 1 is 1.33 bits per heavy atom. The number of anilines is 1. The van der Waals surface area contributed by atoms with E-state index in [0.717, 1.165) is 12.1 Å². The zero-order valence-corrected chi connectivity index (χ0v) is 10.7. The van der Waals surface area contributed by atoms with Crippen LogP contribution in [0.15, 0.2) is 34.9 Å². The maximum atomic E-state index is 6.10. The lowest BCUT2D eigenvalue weighted by Crippen LogP contribution is -2.17. The summed E-state index contributed by atoms with van der Waals surface area (Å²) in [5, 5.41) is 3.92. The van der Waals surface area contributed by atoms with Crippen molar-refractivity contribution in [3.05, 3.63) is 41.8 Å². The van der Waals surface area contributed by atoms with Gasteiger partial charge in [-0.15, -0.1) is 0 Å². The van der Waals surface area contributed by atoms with Crippen LogP contribution in [0.25, 0.3) is 0 Å². The molecule has 0 aliphatic heterocycles. The first-order valence-electron chi connectivity index (χ1n) is 6.05. The highest BCUT2D eigenvalue weighted by atomic mass is 16.5. The standard InChI is InChI=1S/C13H18N4O/c1-3-17(2)13-15-12(18-16-13)9-11(14)10-7-5-4-6-8-10/h4-8,11H,3,9,14H2,1-2H3. The first-order valence-corrected chi connectivity index (χ1v) is 6.05. The van der Waals surface area contributed by atoms with E-state index >= 15 is 0 Å². The minimum absolute atomic E-state index is 0.119. The summed E-state index contributed by atoms with van der Waals surface area (Å²) in [6.45, 7) is 2.87. The summed E-state index contributed by atoms with van der Waals surface area (Å²) >= 11 is 0. The molecule has 0 fully saturated rings. The highest BCUT2D eigenvalue weighted by Crippen LogP contribution is 2.16. The van der Waals surface area contributed by atoms with Crippen molar-refractivity contribution in [2.75, 3.05) is 18.5 Å². The van der Waals surface area contributed by atoms with Crippen LogP contribution in [0, 0.1) is 0 Å². The monoisotopic (exact) mass is 246 g/mol. The smallest absolute Gasteiger partial charge is 0.265 e. The molecule has 0 radical (unpaired) electrons. The maximum Gasteiger partial charge on any atom is 0.265 e. The second-order valence-electron chi connectivity index (χ2n) is 4.22. The van der Waals surface area contributed by atoms with E-state index in [1.807, 2.05) is 49.2 Å². The Balaban J connectivity index is 2.03. The van der Waals surface area contributed by atoms with Gasteiger partial charge in [0, 0.05) is 26.1 Å². The Kier molecular flexibility index (Phi) is 3.94. The fourth-order valence-corrected chi connectivity index (χ4v) is 1.63. The molecular formula is C13H18N4O. The summed E-state index contributed by atoms with van der Waals surface area (Å²) in [6, 6.07) is 9.79. The molecule has 5 heteroatoms. The van der Waals surface area contributed by atoms with Gasteiger partial charge in [0.25, 0.3) is 5.95 Å². The van der Waals surface area contributed by atoms with E-state index in [1.165, 1.54) is 0 Å². The van der Waals surface area contributed by atoms with Crippen LogP contribution >= 0.6 is 0 Å². The van der Waals surface area contributed by atoms with Crippen molar-refractivity contribution in [3.63, 3.8) is 0 Å². The third-order valence-corrected chi connectivity index (χ3v) is 2.90. The second-order valence-corrected chi connectivity index (χ2v) is 4.22. The lowest BCUT2D eigenvalue weighted by Gasteiger charge is -2.09. The summed E-state index contributed by atoms with van der Waals surface area (Å²) in [4.78, 5) is 6.23. The van der Waals surface area contributed by atoms with Gasteiger partial charge in [0.1, 0.15) is 0 Å². The Bertz CT molecular complexity index is 483. The summed E-state index contributed by atoms with van der Waals surface area (Å²) in [6.07, 6.45) is 0.550. The van der Waals surface area contributed by atoms with Gasteiger partial charge in [0.2, 0.25) is 5.89 Å². The fourth-order valence-electron chi connectivity index (χ4n) is 1.63. The van der Waals surface area contributed by atoms with Crippen molar-refractivity contribution < 1.29 is 4.52 Å². The Morgan fingerprint density at radius 2 is 2.06 bits per heavy atom. The van der Waals surface area contributed by atoms with E-state index in [0.29, 0.717) is 18.3 Å². The average Bonchev–Trinajstić information content (AvgIpc) is 2.87. The fraction of sp³-hybridized carbons (Fsp3) is 0.385. The van der Waals surface area contributed by atoms with Crippen LogP contribution in [0.3, 0.4) is 0 Å². The van der Waals surface area contributed by atoms with Gasteiger partial charge in [-0.1, -0.05) is 30.3 Å². The third-order valence-electron chi connectivity index (χ3n) is 2.90. The molecule has 2 rings (SSSR count). The third kappa shape index (κ3) is 2.87. The SMILES string of the molecule is CCN(C)c1noc(CC(N)c2ccccc2)n1. The van der Waals surface area contributed by atoms with Crippen molar-refractivity contribution in [3.8, 4) is 0 Å². The van der Waals surface area contributed by atoms with Crippen molar-refractivity contribution >= 4 is 5.95 Å². The minimum atomic E-state index is -0.119. The van der Waals surface area contributed by atoms with E-state index in [1.54, 1.807) is 0 Å². The Morgan fingerprint density at radius 3 is 2.72 bits per heavy atom. The highest BCUT2D eigenvalue weighted by Gasteiger charge is 2.14. The number of hydrogen-bond acceptors (Lipinski definition) is 5. The predicted octanol–water partition coefficient (Wildman–Crippen LogP) is 1.77. The molecular weight excluding hydrogens is 228 g/mol. The molecule has 0 saturated carbocycles. The molecule has 0 aliphatic carbocycles. The highest BCUT2D eigenvalue weighted by molar-refractivity contribution is 5.26. The lowest BCUT2D eigenvalue weighted by molar-refractivity contribution is 0.369. The van der Waals surface area contributed by atoms with Crippen LogP contribution in [0.5, 0.6) is 0 Å². The number of benzene rings is 1. The van der Waals surface area contributed by atoms with E-state index < -0.39 is 0 Å². The molecule has 5 nitrogen and oxygen atoms in total. The predicted molar refractivity (Wildman–Crippen MR) is 70.3 cm³/mol. The molecule has 0 bridgehead atoms. The van der Waals surface area contributed by atoms with Gasteiger partial charge in [-0.2, -0.15) is 4.98 Å². The number of aromatic nitrogens is 2. The number of nitrogens with two attached hydrogens (primary N) is 1. The molecule has 18 heavy (non-hydrogen) atoms. The van der Waals surface area contributed by atoms with Crippen molar-refractivity contribution in [1.29, 1.82) is 0 Å². The van der Waals surface area contributed by atoms with Gasteiger partial charge < -0.3 is 15.2 Å². The molecule has 96 valence electrons. The van der Waals surface area contributed by atoms with E-state index in [9.17, 15) is 0 Å². The number of nitrogens with zero attached hydrogens (tertiary/aromatic N) is 3. The summed E-state index contributed by atoms with van der Waals surface area (Å²) in [7, 11) is 1.92. The van der Waals surface area contributed by atoms with E-state index in [4.69, 9.17) is 10.3 Å². The quantitative estimate of drug-likeness (QED) is 0.870. The normalized spacial score (nSPS) is 12.4. The molecule has 0 spiro atoms. The zero-order valence-electron chi connectivity index (χ0n) is 10.7. The summed E-state index contributed by atoms with van der Waals surface area (Å²) < 4.78 is 5.20. The van der Waals surface area contributed by atoms with E-state index in [-0.39, 0.29) is 6.04 Å². The van der Waals surface area contributed by atoms with E-state index in [2.05, 4.69) is 10.1 Å². The molecule has 0 amide bonds. The molecule has 2 N–H and O–H groups in total. The topological polar surface area (TPSA) is 68.2 Å². The van der Waals surface area contributed by atoms with Crippen LogP contribution < -0.4 is 10.6 Å². The van der Waals surface area contributed by atoms with Crippen LogP contribution in [0.2, 0.25) is 0 Å². The van der Waals surface area contributed by atoms with Crippen molar-refractivity contribution in [2.45, 2.75) is 19.4 Å². The average molecular weight is 246 g/mol. The van der Waals surface area contributed by atoms with Crippen LogP contribution in [-0.4, -0.2) is 23.7 Å².